The molecule has 7 nitrogen and oxygen atoms in total. The number of amidine groups is 1. The molecule has 1 fully saturated rings. The Labute approximate surface area is 234 Å². The molecule has 1 aliphatic carbocycles. The van der Waals surface area contributed by atoms with Gasteiger partial charge in [-0.2, -0.15) is 0 Å². The highest BCUT2D eigenvalue weighted by Crippen LogP contribution is 2.48. The Morgan fingerprint density at radius 3 is 2.49 bits per heavy atom. The third-order valence-electron chi connectivity index (χ3n) is 7.68. The maximum absolute atomic E-state index is 14.3. The Kier molecular flexibility index (Phi) is 8.74. The van der Waals surface area contributed by atoms with Gasteiger partial charge < -0.3 is 16.0 Å². The minimum Gasteiger partial charge on any atom is -0.386 e. The molecule has 1 saturated carbocycles. The van der Waals surface area contributed by atoms with E-state index in [9.17, 15) is 14.0 Å². The topological polar surface area (TPSA) is 112 Å². The number of aliphatic imine (C=N–C) groups is 1. The molecular formula is C30H37ClFN5O2. The van der Waals surface area contributed by atoms with Crippen LogP contribution >= 0.6 is 11.6 Å². The molecule has 208 valence electrons. The van der Waals surface area contributed by atoms with Crippen LogP contribution in [0, 0.1) is 23.1 Å². The molecule has 2 aromatic rings. The van der Waals surface area contributed by atoms with Crippen molar-refractivity contribution in [3.8, 4) is 0 Å². The quantitative estimate of drug-likeness (QED) is 0.267. The number of carbonyl (C=O) groups is 2. The molecule has 2 aliphatic rings. The number of nitrogens with two attached hydrogens (primary N) is 1. The number of hydrogen-bond acceptors (Lipinski definition) is 4. The summed E-state index contributed by atoms with van der Waals surface area (Å²) >= 11 is 6.10. The van der Waals surface area contributed by atoms with E-state index in [1.807, 2.05) is 17.0 Å². The molecule has 39 heavy (non-hydrogen) atoms. The van der Waals surface area contributed by atoms with Crippen LogP contribution in [0.2, 0.25) is 5.02 Å². The summed E-state index contributed by atoms with van der Waals surface area (Å²) in [6.45, 7) is 6.51. The van der Waals surface area contributed by atoms with Gasteiger partial charge >= 0.3 is 0 Å². The first-order valence-electron chi connectivity index (χ1n) is 13.6. The van der Waals surface area contributed by atoms with Crippen molar-refractivity contribution in [1.82, 2.24) is 10.2 Å². The zero-order chi connectivity index (χ0) is 28.3. The predicted octanol–water partition coefficient (Wildman–Crippen LogP) is 5.86. The number of nitrogens with one attached hydrogen (secondary N) is 2. The Bertz CT molecular complexity index is 1270. The van der Waals surface area contributed by atoms with E-state index in [-0.39, 0.29) is 35.3 Å². The van der Waals surface area contributed by atoms with Crippen LogP contribution in [-0.4, -0.2) is 40.5 Å². The molecule has 0 saturated heterocycles. The SMILES string of the molecule is CCCCC(c1ccc(C(=O)NCC(=N)N)cc1)N1C(=O)C(c2ccc(F)c(Cl)c2)=NC12CC(C)CC(C)C2. The second-order valence-corrected chi connectivity index (χ2v) is 11.5. The molecule has 0 bridgehead atoms. The molecule has 1 heterocycles. The van der Waals surface area contributed by atoms with E-state index in [4.69, 9.17) is 27.7 Å². The first kappa shape index (κ1) is 28.7. The number of benzene rings is 2. The van der Waals surface area contributed by atoms with Crippen molar-refractivity contribution >= 4 is 35.0 Å². The minimum absolute atomic E-state index is 0.0194. The van der Waals surface area contributed by atoms with Crippen LogP contribution < -0.4 is 11.1 Å². The Hall–Kier alpha value is -3.26. The van der Waals surface area contributed by atoms with Gasteiger partial charge in [-0.3, -0.25) is 20.0 Å². The molecule has 1 spiro atoms. The summed E-state index contributed by atoms with van der Waals surface area (Å²) in [5.41, 5.74) is 6.88. The van der Waals surface area contributed by atoms with Gasteiger partial charge in [0.25, 0.3) is 11.8 Å². The number of hydrogen-bond donors (Lipinski definition) is 3. The van der Waals surface area contributed by atoms with E-state index in [1.54, 1.807) is 18.2 Å². The van der Waals surface area contributed by atoms with E-state index in [1.165, 1.54) is 12.1 Å². The molecule has 3 atom stereocenters. The first-order chi connectivity index (χ1) is 18.5. The molecule has 2 aromatic carbocycles. The van der Waals surface area contributed by atoms with E-state index in [0.29, 0.717) is 28.7 Å². The van der Waals surface area contributed by atoms with Crippen LogP contribution in [0.4, 0.5) is 4.39 Å². The maximum Gasteiger partial charge on any atom is 0.275 e. The van der Waals surface area contributed by atoms with Crippen molar-refractivity contribution in [1.29, 1.82) is 5.41 Å². The summed E-state index contributed by atoms with van der Waals surface area (Å²) in [5, 5.41) is 9.92. The van der Waals surface area contributed by atoms with Gasteiger partial charge in [-0.05, 0) is 73.4 Å². The van der Waals surface area contributed by atoms with Crippen molar-refractivity contribution in [2.75, 3.05) is 6.54 Å². The first-order valence-corrected chi connectivity index (χ1v) is 14.0. The summed E-state index contributed by atoms with van der Waals surface area (Å²) < 4.78 is 14.0. The lowest BCUT2D eigenvalue weighted by atomic mass is 9.75. The normalized spacial score (nSPS) is 23.6. The number of halogens is 2. The number of carbonyl (C=O) groups excluding carboxylic acids is 2. The van der Waals surface area contributed by atoms with Crippen molar-refractivity contribution < 1.29 is 14.0 Å². The molecule has 0 radical (unpaired) electrons. The summed E-state index contributed by atoms with van der Waals surface area (Å²) in [7, 11) is 0. The average molecular weight is 554 g/mol. The second-order valence-electron chi connectivity index (χ2n) is 11.1. The number of unbranched alkanes of at least 4 members (excludes halogenated alkanes) is 1. The van der Waals surface area contributed by atoms with Crippen molar-refractivity contribution in [2.24, 2.45) is 22.6 Å². The van der Waals surface area contributed by atoms with Gasteiger partial charge in [-0.1, -0.05) is 57.3 Å². The minimum atomic E-state index is -0.708. The lowest BCUT2D eigenvalue weighted by molar-refractivity contribution is -0.134. The van der Waals surface area contributed by atoms with Crippen LogP contribution in [0.25, 0.3) is 0 Å². The molecule has 3 unspecified atom stereocenters. The smallest absolute Gasteiger partial charge is 0.275 e. The molecular weight excluding hydrogens is 517 g/mol. The average Bonchev–Trinajstić information content (AvgIpc) is 3.14. The van der Waals surface area contributed by atoms with E-state index >= 15 is 0 Å². The van der Waals surface area contributed by atoms with Crippen LogP contribution in [0.1, 0.15) is 86.8 Å². The van der Waals surface area contributed by atoms with Crippen LogP contribution in [0.15, 0.2) is 47.5 Å². The lowest BCUT2D eigenvalue weighted by Gasteiger charge is -2.47. The largest absolute Gasteiger partial charge is 0.386 e. The predicted molar refractivity (Wildman–Crippen MR) is 153 cm³/mol. The summed E-state index contributed by atoms with van der Waals surface area (Å²) in [6, 6.07) is 11.4. The summed E-state index contributed by atoms with van der Waals surface area (Å²) in [4.78, 5) is 33.9. The van der Waals surface area contributed by atoms with Crippen LogP contribution in [0.5, 0.6) is 0 Å². The second kappa shape index (κ2) is 11.9. The van der Waals surface area contributed by atoms with Gasteiger partial charge in [-0.25, -0.2) is 4.39 Å². The van der Waals surface area contributed by atoms with Gasteiger partial charge in [0.2, 0.25) is 0 Å². The summed E-state index contributed by atoms with van der Waals surface area (Å²) in [5.74, 6) is -0.392. The standard InChI is InChI=1S/C30H37ClFN5O2/c1-4-5-6-25(20-7-9-21(10-8-20)28(38)35-17-26(33)34)37-29(39)27(22-11-12-24(32)23(31)14-22)36-30(37)15-18(2)13-19(3)16-30/h7-12,14,18-19,25H,4-6,13,15-17H2,1-3H3,(H3,33,34)(H,35,38). The molecule has 1 aliphatic heterocycles. The van der Waals surface area contributed by atoms with Crippen LogP contribution in [-0.2, 0) is 4.79 Å². The fourth-order valence-electron chi connectivity index (χ4n) is 6.19. The Morgan fingerprint density at radius 2 is 1.90 bits per heavy atom. The monoisotopic (exact) mass is 553 g/mol. The highest BCUT2D eigenvalue weighted by Gasteiger charge is 2.53. The van der Waals surface area contributed by atoms with Gasteiger partial charge in [0.15, 0.2) is 0 Å². The van der Waals surface area contributed by atoms with E-state index in [0.717, 1.165) is 44.1 Å². The van der Waals surface area contributed by atoms with Gasteiger partial charge in [-0.15, -0.1) is 0 Å². The van der Waals surface area contributed by atoms with Gasteiger partial charge in [0, 0.05) is 11.1 Å². The third-order valence-corrected chi connectivity index (χ3v) is 7.97. The zero-order valence-corrected chi connectivity index (χ0v) is 23.5. The van der Waals surface area contributed by atoms with E-state index < -0.39 is 11.5 Å². The number of amides is 2. The highest BCUT2D eigenvalue weighted by atomic mass is 35.5. The number of rotatable bonds is 9. The highest BCUT2D eigenvalue weighted by molar-refractivity contribution is 6.47. The molecule has 4 N–H and O–H groups in total. The molecule has 4 rings (SSSR count). The van der Waals surface area contributed by atoms with Crippen molar-refractivity contribution in [2.45, 2.75) is 71.0 Å². The van der Waals surface area contributed by atoms with Crippen molar-refractivity contribution in [3.63, 3.8) is 0 Å². The fraction of sp³-hybridized carbons (Fsp3) is 0.467. The molecule has 9 heteroatoms. The zero-order valence-electron chi connectivity index (χ0n) is 22.8. The van der Waals surface area contributed by atoms with E-state index in [2.05, 4.69) is 26.1 Å². The van der Waals surface area contributed by atoms with Crippen molar-refractivity contribution in [3.05, 3.63) is 70.0 Å². The fourth-order valence-corrected chi connectivity index (χ4v) is 6.37. The Morgan fingerprint density at radius 1 is 1.23 bits per heavy atom. The Balaban J connectivity index is 1.75. The maximum atomic E-state index is 14.3. The summed E-state index contributed by atoms with van der Waals surface area (Å²) in [6.07, 6.45) is 5.18. The lowest BCUT2D eigenvalue weighted by Crippen LogP contribution is -2.52. The van der Waals surface area contributed by atoms with Gasteiger partial charge in [0.05, 0.1) is 17.6 Å². The molecule has 0 aromatic heterocycles. The third kappa shape index (κ3) is 6.16. The molecule has 2 amide bonds. The number of nitrogens with zero attached hydrogens (tertiary/aromatic N) is 2. The van der Waals surface area contributed by atoms with Crippen LogP contribution in [0.3, 0.4) is 0 Å². The van der Waals surface area contributed by atoms with Gasteiger partial charge in [0.1, 0.15) is 23.0 Å².